The van der Waals surface area contributed by atoms with E-state index in [4.69, 9.17) is 12.2 Å². The second-order valence-electron chi connectivity index (χ2n) is 5.71. The monoisotopic (exact) mass is 282 g/mol. The van der Waals surface area contributed by atoms with Gasteiger partial charge >= 0.3 is 0 Å². The minimum Gasteiger partial charge on any atom is -0.362 e. The molecule has 0 fully saturated rings. The number of thiocarbonyl (C=S) groups is 1. The third-order valence-electron chi connectivity index (χ3n) is 3.65. The summed E-state index contributed by atoms with van der Waals surface area (Å²) < 4.78 is 0. The van der Waals surface area contributed by atoms with Crippen LogP contribution in [0.5, 0.6) is 0 Å². The van der Waals surface area contributed by atoms with E-state index < -0.39 is 0 Å². The van der Waals surface area contributed by atoms with Crippen LogP contribution < -0.4 is 10.2 Å². The summed E-state index contributed by atoms with van der Waals surface area (Å²) in [5.41, 5.74) is 4.31. The Bertz CT molecular complexity index is 659. The van der Waals surface area contributed by atoms with E-state index in [-0.39, 0.29) is 5.66 Å². The Labute approximate surface area is 125 Å². The molecule has 0 saturated heterocycles. The van der Waals surface area contributed by atoms with Crippen LogP contribution in [0.3, 0.4) is 0 Å². The first-order chi connectivity index (χ1) is 9.49. The second kappa shape index (κ2) is 4.60. The molecule has 0 spiro atoms. The molecular weight excluding hydrogens is 264 g/mol. The van der Waals surface area contributed by atoms with Crippen LogP contribution in [-0.4, -0.2) is 10.7 Å². The zero-order valence-corrected chi connectivity index (χ0v) is 12.8. The van der Waals surface area contributed by atoms with Crippen molar-refractivity contribution in [1.29, 1.82) is 0 Å². The zero-order chi connectivity index (χ0) is 14.3. The minimum atomic E-state index is -0.249. The van der Waals surface area contributed by atoms with Crippen LogP contribution in [0.4, 0.5) is 11.4 Å². The smallest absolute Gasteiger partial charge is 0.117 e. The van der Waals surface area contributed by atoms with Crippen molar-refractivity contribution in [1.82, 2.24) is 0 Å². The van der Waals surface area contributed by atoms with E-state index >= 15 is 0 Å². The number of benzene rings is 2. The van der Waals surface area contributed by atoms with Crippen LogP contribution in [0, 0.1) is 6.92 Å². The van der Waals surface area contributed by atoms with Crippen LogP contribution in [0.25, 0.3) is 0 Å². The third-order valence-corrected chi connectivity index (χ3v) is 4.05. The average molecular weight is 282 g/mol. The SMILES string of the molecule is Cc1ccc(N2C(=S)c3ccccc3NC2(C)C)cc1. The van der Waals surface area contributed by atoms with Gasteiger partial charge in [0.1, 0.15) is 10.7 Å². The van der Waals surface area contributed by atoms with E-state index in [1.54, 1.807) is 0 Å². The quantitative estimate of drug-likeness (QED) is 0.783. The number of hydrogen-bond donors (Lipinski definition) is 1. The summed E-state index contributed by atoms with van der Waals surface area (Å²) >= 11 is 5.73. The lowest BCUT2D eigenvalue weighted by atomic mass is 10.0. The molecule has 0 bridgehead atoms. The zero-order valence-electron chi connectivity index (χ0n) is 12.0. The van der Waals surface area contributed by atoms with Gasteiger partial charge in [-0.05, 0) is 45.0 Å². The number of anilines is 2. The molecule has 0 saturated carbocycles. The van der Waals surface area contributed by atoms with Crippen LogP contribution in [0.1, 0.15) is 25.0 Å². The molecule has 3 heteroatoms. The van der Waals surface area contributed by atoms with Crippen molar-refractivity contribution in [2.24, 2.45) is 0 Å². The number of hydrogen-bond acceptors (Lipinski definition) is 2. The lowest BCUT2D eigenvalue weighted by molar-refractivity contribution is 0.585. The van der Waals surface area contributed by atoms with Gasteiger partial charge in [0.15, 0.2) is 0 Å². The highest BCUT2D eigenvalue weighted by molar-refractivity contribution is 7.81. The first kappa shape index (κ1) is 13.1. The summed E-state index contributed by atoms with van der Waals surface area (Å²) in [6.45, 7) is 6.39. The predicted octanol–water partition coefficient (Wildman–Crippen LogP) is 4.34. The fourth-order valence-electron chi connectivity index (χ4n) is 2.67. The Kier molecular flexibility index (Phi) is 3.02. The van der Waals surface area contributed by atoms with Gasteiger partial charge in [-0.2, -0.15) is 0 Å². The summed E-state index contributed by atoms with van der Waals surface area (Å²) in [5, 5.41) is 3.57. The van der Waals surface area contributed by atoms with E-state index in [1.165, 1.54) is 5.56 Å². The van der Waals surface area contributed by atoms with Gasteiger partial charge in [-0.1, -0.05) is 42.0 Å². The first-order valence-corrected chi connectivity index (χ1v) is 7.18. The number of nitrogens with one attached hydrogen (secondary N) is 1. The molecule has 2 aromatic carbocycles. The number of para-hydroxylation sites is 1. The Balaban J connectivity index is 2.11. The molecule has 2 aromatic rings. The molecule has 0 amide bonds. The Morgan fingerprint density at radius 1 is 1.00 bits per heavy atom. The summed E-state index contributed by atoms with van der Waals surface area (Å²) in [7, 11) is 0. The van der Waals surface area contributed by atoms with Gasteiger partial charge in [-0.25, -0.2) is 0 Å². The fourth-order valence-corrected chi connectivity index (χ4v) is 3.18. The maximum absolute atomic E-state index is 5.73. The number of aryl methyl sites for hydroxylation is 1. The van der Waals surface area contributed by atoms with Crippen LogP contribution in [0.15, 0.2) is 48.5 Å². The minimum absolute atomic E-state index is 0.249. The van der Waals surface area contributed by atoms with Crippen molar-refractivity contribution in [3.05, 3.63) is 59.7 Å². The van der Waals surface area contributed by atoms with Crippen LogP contribution in [0.2, 0.25) is 0 Å². The summed E-state index contributed by atoms with van der Waals surface area (Å²) in [5.74, 6) is 0. The predicted molar refractivity (Wildman–Crippen MR) is 89.5 cm³/mol. The maximum Gasteiger partial charge on any atom is 0.117 e. The van der Waals surface area contributed by atoms with Gasteiger partial charge in [-0.15, -0.1) is 0 Å². The number of fused-ring (bicyclic) bond motifs is 1. The molecule has 1 aliphatic heterocycles. The maximum atomic E-state index is 5.73. The summed E-state index contributed by atoms with van der Waals surface area (Å²) in [4.78, 5) is 3.05. The van der Waals surface area contributed by atoms with E-state index in [0.29, 0.717) is 0 Å². The van der Waals surface area contributed by atoms with Crippen molar-refractivity contribution in [2.45, 2.75) is 26.4 Å². The normalized spacial score (nSPS) is 16.6. The van der Waals surface area contributed by atoms with Crippen molar-refractivity contribution < 1.29 is 0 Å². The highest BCUT2D eigenvalue weighted by Gasteiger charge is 2.35. The van der Waals surface area contributed by atoms with Gasteiger partial charge in [-0.3, -0.25) is 0 Å². The topological polar surface area (TPSA) is 15.3 Å². The molecule has 0 aromatic heterocycles. The summed E-state index contributed by atoms with van der Waals surface area (Å²) in [6.07, 6.45) is 0. The van der Waals surface area contributed by atoms with Crippen molar-refractivity contribution in [3.8, 4) is 0 Å². The fraction of sp³-hybridized carbons (Fsp3) is 0.235. The van der Waals surface area contributed by atoms with E-state index in [9.17, 15) is 0 Å². The van der Waals surface area contributed by atoms with Crippen molar-refractivity contribution in [2.75, 3.05) is 10.2 Å². The molecule has 0 unspecified atom stereocenters. The lowest BCUT2D eigenvalue weighted by Gasteiger charge is -2.46. The molecular formula is C17H18N2S. The van der Waals surface area contributed by atoms with Crippen molar-refractivity contribution >= 4 is 28.6 Å². The standard InChI is InChI=1S/C17H18N2S/c1-12-8-10-13(11-9-12)19-16(20)14-6-4-5-7-15(14)18-17(19,2)3/h4-11,18H,1-3H3. The highest BCUT2D eigenvalue weighted by Crippen LogP contribution is 2.35. The molecule has 2 nitrogen and oxygen atoms in total. The van der Waals surface area contributed by atoms with Gasteiger partial charge in [0.25, 0.3) is 0 Å². The molecule has 0 aliphatic carbocycles. The Morgan fingerprint density at radius 2 is 1.65 bits per heavy atom. The summed E-state index contributed by atoms with van der Waals surface area (Å²) in [6, 6.07) is 16.7. The number of rotatable bonds is 1. The van der Waals surface area contributed by atoms with Crippen molar-refractivity contribution in [3.63, 3.8) is 0 Å². The molecule has 1 N–H and O–H groups in total. The largest absolute Gasteiger partial charge is 0.362 e. The Morgan fingerprint density at radius 3 is 2.35 bits per heavy atom. The molecule has 1 aliphatic rings. The van der Waals surface area contributed by atoms with Gasteiger partial charge < -0.3 is 10.2 Å². The number of nitrogens with zero attached hydrogens (tertiary/aromatic N) is 1. The average Bonchev–Trinajstić information content (AvgIpc) is 2.40. The van der Waals surface area contributed by atoms with E-state index in [2.05, 4.69) is 67.4 Å². The second-order valence-corrected chi connectivity index (χ2v) is 6.09. The molecule has 3 rings (SSSR count). The molecule has 20 heavy (non-hydrogen) atoms. The van der Waals surface area contributed by atoms with Crippen LogP contribution in [-0.2, 0) is 0 Å². The third kappa shape index (κ3) is 2.08. The first-order valence-electron chi connectivity index (χ1n) is 6.77. The van der Waals surface area contributed by atoms with E-state index in [1.807, 2.05) is 12.1 Å². The molecule has 102 valence electrons. The van der Waals surface area contributed by atoms with Gasteiger partial charge in [0.2, 0.25) is 0 Å². The van der Waals surface area contributed by atoms with Gasteiger partial charge in [0.05, 0.1) is 0 Å². The lowest BCUT2D eigenvalue weighted by Crippen LogP contribution is -2.56. The van der Waals surface area contributed by atoms with E-state index in [0.717, 1.165) is 21.9 Å². The molecule has 1 heterocycles. The molecule has 0 radical (unpaired) electrons. The molecule has 0 atom stereocenters. The Hall–Kier alpha value is -1.87. The highest BCUT2D eigenvalue weighted by atomic mass is 32.1. The van der Waals surface area contributed by atoms with Crippen LogP contribution >= 0.6 is 12.2 Å². The van der Waals surface area contributed by atoms with Gasteiger partial charge in [0, 0.05) is 16.9 Å².